The number of benzene rings is 1. The van der Waals surface area contributed by atoms with Gasteiger partial charge in [-0.25, -0.2) is 13.1 Å². The Kier molecular flexibility index (Phi) is 5.24. The molecule has 21 heavy (non-hydrogen) atoms. The molecule has 0 aliphatic rings. The highest BCUT2D eigenvalue weighted by molar-refractivity contribution is 7.89. The molecule has 5 heteroatoms. The number of rotatable bonds is 5. The van der Waals surface area contributed by atoms with Gasteiger partial charge in [-0.05, 0) is 50.3 Å². The van der Waals surface area contributed by atoms with Crippen molar-refractivity contribution in [1.29, 1.82) is 0 Å². The molecule has 0 heterocycles. The summed E-state index contributed by atoms with van der Waals surface area (Å²) in [6.45, 7) is 12.0. The molecule has 0 aliphatic carbocycles. The molecular formula is C16H28N2O2S. The Bertz CT molecular complexity index is 567. The van der Waals surface area contributed by atoms with Crippen molar-refractivity contribution in [3.63, 3.8) is 0 Å². The number of hydrogen-bond acceptors (Lipinski definition) is 3. The zero-order valence-electron chi connectivity index (χ0n) is 13.9. The predicted octanol–water partition coefficient (Wildman–Crippen LogP) is 3.20. The Hall–Kier alpha value is -0.910. The van der Waals surface area contributed by atoms with Gasteiger partial charge in [-0.3, -0.25) is 0 Å². The highest BCUT2D eigenvalue weighted by Crippen LogP contribution is 2.28. The molecule has 0 radical (unpaired) electrons. The summed E-state index contributed by atoms with van der Waals surface area (Å²) in [7, 11) is -3.52. The van der Waals surface area contributed by atoms with E-state index < -0.39 is 15.6 Å². The van der Waals surface area contributed by atoms with Crippen molar-refractivity contribution in [3.8, 4) is 0 Å². The van der Waals surface area contributed by atoms with E-state index in [-0.39, 0.29) is 16.4 Å². The fourth-order valence-corrected chi connectivity index (χ4v) is 4.15. The van der Waals surface area contributed by atoms with Crippen LogP contribution >= 0.6 is 0 Å². The van der Waals surface area contributed by atoms with E-state index in [1.807, 2.05) is 20.8 Å². The van der Waals surface area contributed by atoms with E-state index >= 15 is 0 Å². The van der Waals surface area contributed by atoms with Gasteiger partial charge in [-0.1, -0.05) is 32.9 Å². The summed E-state index contributed by atoms with van der Waals surface area (Å²) in [5, 5.41) is 0. The van der Waals surface area contributed by atoms with Gasteiger partial charge in [0.2, 0.25) is 10.0 Å². The minimum absolute atomic E-state index is 0.0465. The van der Waals surface area contributed by atoms with Crippen LogP contribution < -0.4 is 10.5 Å². The van der Waals surface area contributed by atoms with E-state index in [1.165, 1.54) is 0 Å². The van der Waals surface area contributed by atoms with E-state index in [2.05, 4.69) is 25.5 Å². The summed E-state index contributed by atoms with van der Waals surface area (Å²) < 4.78 is 27.7. The van der Waals surface area contributed by atoms with Gasteiger partial charge in [0.15, 0.2) is 0 Å². The van der Waals surface area contributed by atoms with E-state index in [1.54, 1.807) is 24.3 Å². The lowest BCUT2D eigenvalue weighted by Gasteiger charge is -2.33. The van der Waals surface area contributed by atoms with Gasteiger partial charge in [0.25, 0.3) is 0 Å². The summed E-state index contributed by atoms with van der Waals surface area (Å²) in [6, 6.07) is 6.63. The first-order valence-corrected chi connectivity index (χ1v) is 8.70. The van der Waals surface area contributed by atoms with Crippen molar-refractivity contribution in [3.05, 3.63) is 29.8 Å². The second kappa shape index (κ2) is 6.07. The first kappa shape index (κ1) is 18.1. The molecule has 0 aromatic heterocycles. The van der Waals surface area contributed by atoms with Crippen LogP contribution in [0.15, 0.2) is 29.2 Å². The Morgan fingerprint density at radius 3 is 1.95 bits per heavy atom. The van der Waals surface area contributed by atoms with Crippen LogP contribution in [0.2, 0.25) is 0 Å². The lowest BCUT2D eigenvalue weighted by molar-refractivity contribution is 0.269. The lowest BCUT2D eigenvalue weighted by atomic mass is 9.82. The topological polar surface area (TPSA) is 72.2 Å². The molecule has 1 rings (SSSR count). The third-order valence-electron chi connectivity index (χ3n) is 3.10. The van der Waals surface area contributed by atoms with E-state index in [0.29, 0.717) is 0 Å². The molecule has 1 aromatic rings. The Morgan fingerprint density at radius 1 is 1.10 bits per heavy atom. The first-order chi connectivity index (χ1) is 9.32. The maximum Gasteiger partial charge on any atom is 0.241 e. The molecule has 0 fully saturated rings. The second-order valence-electron chi connectivity index (χ2n) is 7.58. The van der Waals surface area contributed by atoms with Gasteiger partial charge >= 0.3 is 0 Å². The van der Waals surface area contributed by atoms with Gasteiger partial charge in [-0.15, -0.1) is 0 Å². The fraction of sp³-hybridized carbons (Fsp3) is 0.625. The Morgan fingerprint density at radius 2 is 1.57 bits per heavy atom. The highest BCUT2D eigenvalue weighted by Gasteiger charge is 2.30. The fourth-order valence-electron chi connectivity index (χ4n) is 2.74. The standard InChI is InChI=1S/C16H28N2O2S/c1-12(17)13-7-9-14(10-8-13)21(19,20)18-16(5,6)11-15(2,3)4/h7-10,12,18H,11,17H2,1-6H3. The van der Waals surface area contributed by atoms with Crippen molar-refractivity contribution in [2.45, 2.75) is 64.4 Å². The van der Waals surface area contributed by atoms with E-state index in [9.17, 15) is 8.42 Å². The molecule has 1 aromatic carbocycles. The highest BCUT2D eigenvalue weighted by atomic mass is 32.2. The molecule has 0 amide bonds. The largest absolute Gasteiger partial charge is 0.324 e. The van der Waals surface area contributed by atoms with Gasteiger partial charge in [0.05, 0.1) is 4.90 Å². The molecule has 0 spiro atoms. The summed E-state index contributed by atoms with van der Waals surface area (Å²) >= 11 is 0. The SMILES string of the molecule is CC(N)c1ccc(S(=O)(=O)NC(C)(C)CC(C)(C)C)cc1. The summed E-state index contributed by atoms with van der Waals surface area (Å²) in [6.07, 6.45) is 0.747. The van der Waals surface area contributed by atoms with Crippen molar-refractivity contribution >= 4 is 10.0 Å². The zero-order chi connectivity index (χ0) is 16.5. The molecule has 3 N–H and O–H groups in total. The number of nitrogens with two attached hydrogens (primary N) is 1. The molecule has 1 unspecified atom stereocenters. The molecule has 0 saturated heterocycles. The second-order valence-corrected chi connectivity index (χ2v) is 9.27. The lowest BCUT2D eigenvalue weighted by Crippen LogP contribution is -2.45. The van der Waals surface area contributed by atoms with Crippen LogP contribution in [0.25, 0.3) is 0 Å². The molecular weight excluding hydrogens is 284 g/mol. The molecule has 4 nitrogen and oxygen atoms in total. The van der Waals surface area contributed by atoms with Crippen LogP contribution in [0.1, 0.15) is 59.6 Å². The molecule has 0 bridgehead atoms. The van der Waals surface area contributed by atoms with Gasteiger partial charge in [0, 0.05) is 11.6 Å². The molecule has 120 valence electrons. The molecule has 0 saturated carbocycles. The normalized spacial score (nSPS) is 15.0. The van der Waals surface area contributed by atoms with Crippen LogP contribution in [0.5, 0.6) is 0 Å². The molecule has 0 aliphatic heterocycles. The summed E-state index contributed by atoms with van der Waals surface area (Å²) in [4.78, 5) is 0.272. The number of nitrogens with one attached hydrogen (secondary N) is 1. The van der Waals surface area contributed by atoms with Crippen LogP contribution in [-0.4, -0.2) is 14.0 Å². The molecule has 1 atom stereocenters. The quantitative estimate of drug-likeness (QED) is 0.877. The summed E-state index contributed by atoms with van der Waals surface area (Å²) in [5.41, 5.74) is 6.24. The number of sulfonamides is 1. The average Bonchev–Trinajstić information content (AvgIpc) is 2.24. The van der Waals surface area contributed by atoms with E-state index in [0.717, 1.165) is 12.0 Å². The van der Waals surface area contributed by atoms with Crippen molar-refractivity contribution in [1.82, 2.24) is 4.72 Å². The monoisotopic (exact) mass is 312 g/mol. The maximum atomic E-state index is 12.5. The Balaban J connectivity index is 2.96. The zero-order valence-corrected chi connectivity index (χ0v) is 14.7. The van der Waals surface area contributed by atoms with Crippen LogP contribution in [0, 0.1) is 5.41 Å². The summed E-state index contributed by atoms with van der Waals surface area (Å²) in [5.74, 6) is 0. The minimum Gasteiger partial charge on any atom is -0.324 e. The first-order valence-electron chi connectivity index (χ1n) is 7.22. The van der Waals surface area contributed by atoms with Gasteiger partial charge in [-0.2, -0.15) is 0 Å². The smallest absolute Gasteiger partial charge is 0.241 e. The van der Waals surface area contributed by atoms with E-state index in [4.69, 9.17) is 5.73 Å². The predicted molar refractivity (Wildman–Crippen MR) is 87.5 cm³/mol. The van der Waals surface area contributed by atoms with Crippen LogP contribution in [0.3, 0.4) is 0 Å². The number of hydrogen-bond donors (Lipinski definition) is 2. The minimum atomic E-state index is -3.52. The van der Waals surface area contributed by atoms with Crippen molar-refractivity contribution in [2.75, 3.05) is 0 Å². The third-order valence-corrected chi connectivity index (χ3v) is 4.81. The van der Waals surface area contributed by atoms with Gasteiger partial charge < -0.3 is 5.73 Å². The van der Waals surface area contributed by atoms with Crippen LogP contribution in [0.4, 0.5) is 0 Å². The third kappa shape index (κ3) is 5.77. The Labute approximate surface area is 129 Å². The van der Waals surface area contributed by atoms with Gasteiger partial charge in [0.1, 0.15) is 0 Å². The average molecular weight is 312 g/mol. The van der Waals surface area contributed by atoms with Crippen molar-refractivity contribution < 1.29 is 8.42 Å². The van der Waals surface area contributed by atoms with Crippen molar-refractivity contribution in [2.24, 2.45) is 11.1 Å². The maximum absolute atomic E-state index is 12.5. The van der Waals surface area contributed by atoms with Crippen LogP contribution in [-0.2, 0) is 10.0 Å².